The topological polar surface area (TPSA) is 46.6 Å². The number of aryl methyl sites for hydroxylation is 1. The summed E-state index contributed by atoms with van der Waals surface area (Å²) in [6, 6.07) is 4.00. The van der Waals surface area contributed by atoms with E-state index in [0.29, 0.717) is 5.92 Å². The lowest BCUT2D eigenvalue weighted by Crippen LogP contribution is -2.46. The molecule has 2 fully saturated rings. The summed E-state index contributed by atoms with van der Waals surface area (Å²) in [6.07, 6.45) is 2.92. The van der Waals surface area contributed by atoms with Gasteiger partial charge in [0.1, 0.15) is 6.04 Å². The molecule has 0 bridgehead atoms. The van der Waals surface area contributed by atoms with Gasteiger partial charge in [-0.05, 0) is 45.2 Å². The monoisotopic (exact) mass is 307 g/mol. The molecule has 114 valence electrons. The van der Waals surface area contributed by atoms with Gasteiger partial charge in [-0.1, -0.05) is 0 Å². The molecule has 0 spiro atoms. The van der Waals surface area contributed by atoms with Crippen molar-refractivity contribution in [2.75, 3.05) is 7.11 Å². The lowest BCUT2D eigenvalue weighted by molar-refractivity contribution is -0.153. The number of hydrogen-bond donors (Lipinski definition) is 0. The second-order valence-electron chi connectivity index (χ2n) is 6.07. The van der Waals surface area contributed by atoms with Crippen LogP contribution in [0.15, 0.2) is 12.1 Å². The van der Waals surface area contributed by atoms with Crippen LogP contribution in [0.2, 0.25) is 0 Å². The van der Waals surface area contributed by atoms with E-state index in [9.17, 15) is 9.59 Å². The number of rotatable bonds is 5. The lowest BCUT2D eigenvalue weighted by atomic mass is 10.2. The molecule has 1 aromatic heterocycles. The maximum atomic E-state index is 12.8. The van der Waals surface area contributed by atoms with E-state index in [1.165, 1.54) is 16.9 Å². The summed E-state index contributed by atoms with van der Waals surface area (Å²) >= 11 is 1.77. The number of hydrogen-bond acceptors (Lipinski definition) is 4. The van der Waals surface area contributed by atoms with E-state index in [0.717, 1.165) is 19.3 Å². The van der Waals surface area contributed by atoms with Gasteiger partial charge in [-0.15, -0.1) is 11.3 Å². The van der Waals surface area contributed by atoms with Gasteiger partial charge >= 0.3 is 5.97 Å². The van der Waals surface area contributed by atoms with Crippen LogP contribution in [0.1, 0.15) is 41.9 Å². The molecular formula is C16H21NO3S. The van der Waals surface area contributed by atoms with Crippen LogP contribution in [0.25, 0.3) is 0 Å². The van der Waals surface area contributed by atoms with Gasteiger partial charge < -0.3 is 9.64 Å². The summed E-state index contributed by atoms with van der Waals surface area (Å²) in [5, 5.41) is 0. The molecule has 4 nitrogen and oxygen atoms in total. The minimum absolute atomic E-state index is 0.0516. The van der Waals surface area contributed by atoms with Crippen molar-refractivity contribution < 1.29 is 14.3 Å². The zero-order valence-corrected chi connectivity index (χ0v) is 13.5. The highest BCUT2D eigenvalue weighted by molar-refractivity contribution is 7.12. The first kappa shape index (κ1) is 14.6. The molecule has 1 heterocycles. The van der Waals surface area contributed by atoms with Gasteiger partial charge in [-0.3, -0.25) is 4.79 Å². The molecule has 21 heavy (non-hydrogen) atoms. The molecule has 0 aliphatic heterocycles. The summed E-state index contributed by atoms with van der Waals surface area (Å²) in [5.74, 6) is 0.212. The Labute approximate surface area is 129 Å². The van der Waals surface area contributed by atoms with Crippen LogP contribution < -0.4 is 0 Å². The average Bonchev–Trinajstić information content (AvgIpc) is 3.37. The fraction of sp³-hybridized carbons (Fsp3) is 0.625. The second kappa shape index (κ2) is 5.44. The van der Waals surface area contributed by atoms with Crippen molar-refractivity contribution in [1.82, 2.24) is 4.90 Å². The molecule has 2 aliphatic rings. The van der Waals surface area contributed by atoms with Crippen molar-refractivity contribution >= 4 is 23.2 Å². The highest BCUT2D eigenvalue weighted by Gasteiger charge is 2.50. The van der Waals surface area contributed by atoms with Crippen LogP contribution in [0.4, 0.5) is 0 Å². The van der Waals surface area contributed by atoms with Crippen LogP contribution in [-0.2, 0) is 14.3 Å². The van der Waals surface area contributed by atoms with Crippen molar-refractivity contribution in [1.29, 1.82) is 0 Å². The second-order valence-corrected chi connectivity index (χ2v) is 7.39. The van der Waals surface area contributed by atoms with E-state index < -0.39 is 6.04 Å². The Morgan fingerprint density at radius 3 is 2.62 bits per heavy atom. The fourth-order valence-corrected chi connectivity index (χ4v) is 4.01. The highest BCUT2D eigenvalue weighted by atomic mass is 32.1. The van der Waals surface area contributed by atoms with Crippen LogP contribution in [0.3, 0.4) is 0 Å². The smallest absolute Gasteiger partial charge is 0.328 e. The van der Waals surface area contributed by atoms with Gasteiger partial charge in [0.25, 0.3) is 0 Å². The van der Waals surface area contributed by atoms with Crippen molar-refractivity contribution in [3.05, 3.63) is 21.9 Å². The summed E-state index contributed by atoms with van der Waals surface area (Å²) in [6.45, 7) is 3.86. The molecule has 0 radical (unpaired) electrons. The Hall–Kier alpha value is -1.36. The normalized spacial score (nSPS) is 25.3. The van der Waals surface area contributed by atoms with Crippen molar-refractivity contribution in [2.45, 2.75) is 51.1 Å². The van der Waals surface area contributed by atoms with Crippen LogP contribution in [0.5, 0.6) is 0 Å². The van der Waals surface area contributed by atoms with Crippen LogP contribution in [-0.4, -0.2) is 36.0 Å². The van der Waals surface area contributed by atoms with Gasteiger partial charge in [0.2, 0.25) is 5.91 Å². The largest absolute Gasteiger partial charge is 0.467 e. The van der Waals surface area contributed by atoms with Gasteiger partial charge in [-0.25, -0.2) is 4.79 Å². The third kappa shape index (κ3) is 2.84. The molecule has 2 saturated carbocycles. The first-order valence-electron chi connectivity index (χ1n) is 7.49. The van der Waals surface area contributed by atoms with E-state index in [2.05, 4.69) is 19.1 Å². The molecule has 0 unspecified atom stereocenters. The van der Waals surface area contributed by atoms with Crippen molar-refractivity contribution in [3.63, 3.8) is 0 Å². The zero-order chi connectivity index (χ0) is 15.1. The van der Waals surface area contributed by atoms with E-state index in [-0.39, 0.29) is 23.8 Å². The summed E-state index contributed by atoms with van der Waals surface area (Å²) in [4.78, 5) is 28.9. The van der Waals surface area contributed by atoms with Gasteiger partial charge in [0.05, 0.1) is 7.11 Å². The Morgan fingerprint density at radius 1 is 1.38 bits per heavy atom. The minimum Gasteiger partial charge on any atom is -0.467 e. The maximum absolute atomic E-state index is 12.8. The number of carbonyl (C=O) groups is 2. The predicted octanol–water partition coefficient (Wildman–Crippen LogP) is 2.71. The Kier molecular flexibility index (Phi) is 3.78. The first-order valence-corrected chi connectivity index (χ1v) is 8.31. The van der Waals surface area contributed by atoms with Gasteiger partial charge in [-0.2, -0.15) is 0 Å². The number of methoxy groups -OCH3 is 1. The SMILES string of the molecule is COC(=O)[C@H](C)N(C(=O)[C@@H]1C[C@@H]1c1ccc(C)s1)C1CC1. The third-order valence-corrected chi connectivity index (χ3v) is 5.52. The number of esters is 1. The zero-order valence-electron chi connectivity index (χ0n) is 12.7. The Bertz CT molecular complexity index is 564. The van der Waals surface area contributed by atoms with Crippen LogP contribution >= 0.6 is 11.3 Å². The van der Waals surface area contributed by atoms with E-state index in [1.54, 1.807) is 23.2 Å². The molecule has 1 aromatic rings. The summed E-state index contributed by atoms with van der Waals surface area (Å²) in [7, 11) is 1.38. The minimum atomic E-state index is -0.471. The van der Waals surface area contributed by atoms with Crippen molar-refractivity contribution in [3.8, 4) is 0 Å². The average molecular weight is 307 g/mol. The molecule has 0 saturated heterocycles. The maximum Gasteiger partial charge on any atom is 0.328 e. The number of nitrogens with zero attached hydrogens (tertiary/aromatic N) is 1. The fourth-order valence-electron chi connectivity index (χ4n) is 2.95. The van der Waals surface area contributed by atoms with E-state index in [4.69, 9.17) is 4.74 Å². The number of carbonyl (C=O) groups excluding carboxylic acids is 2. The molecule has 0 N–H and O–H groups in total. The molecule has 3 rings (SSSR count). The van der Waals surface area contributed by atoms with Gasteiger partial charge in [0.15, 0.2) is 0 Å². The molecular weight excluding hydrogens is 286 g/mol. The first-order chi connectivity index (χ1) is 10.0. The quantitative estimate of drug-likeness (QED) is 0.786. The van der Waals surface area contributed by atoms with Crippen molar-refractivity contribution in [2.24, 2.45) is 5.92 Å². The molecule has 2 aliphatic carbocycles. The van der Waals surface area contributed by atoms with Gasteiger partial charge in [0, 0.05) is 27.6 Å². The van der Waals surface area contributed by atoms with E-state index in [1.807, 2.05) is 0 Å². The number of thiophene rings is 1. The molecule has 0 aromatic carbocycles. The molecule has 3 atom stereocenters. The lowest BCUT2D eigenvalue weighted by Gasteiger charge is -2.27. The number of ether oxygens (including phenoxy) is 1. The predicted molar refractivity (Wildman–Crippen MR) is 81.3 cm³/mol. The van der Waals surface area contributed by atoms with Crippen LogP contribution in [0, 0.1) is 12.8 Å². The summed E-state index contributed by atoms with van der Waals surface area (Å²) in [5.41, 5.74) is 0. The third-order valence-electron chi connectivity index (χ3n) is 4.39. The number of amides is 1. The summed E-state index contributed by atoms with van der Waals surface area (Å²) < 4.78 is 4.81. The molecule has 5 heteroatoms. The van der Waals surface area contributed by atoms with E-state index >= 15 is 0 Å². The highest BCUT2D eigenvalue weighted by Crippen LogP contribution is 2.51. The Balaban J connectivity index is 1.70. The Morgan fingerprint density at radius 2 is 2.10 bits per heavy atom. The standard InChI is InChI=1S/C16H21NO3S/c1-9-4-7-14(21-9)12-8-13(12)15(18)17(11-5-6-11)10(2)16(19)20-3/h4,7,10-13H,5-6,8H2,1-3H3/t10-,12-,13+/m0/s1. The molecule has 1 amide bonds.